The molecule has 0 aliphatic heterocycles. The molecule has 2 atom stereocenters. The van der Waals surface area contributed by atoms with Gasteiger partial charge in [0.25, 0.3) is 0 Å². The normalized spacial score (nSPS) is 29.6. The molecule has 1 amide bonds. The van der Waals surface area contributed by atoms with Gasteiger partial charge >= 0.3 is 0 Å². The first-order valence-electron chi connectivity index (χ1n) is 7.54. The van der Waals surface area contributed by atoms with Crippen LogP contribution in [0.15, 0.2) is 5.16 Å². The second kappa shape index (κ2) is 6.70. The smallest absolute Gasteiger partial charge is 0.234 e. The summed E-state index contributed by atoms with van der Waals surface area (Å²) in [6.45, 7) is 2.15. The molecule has 4 N–H and O–H groups in total. The van der Waals surface area contributed by atoms with Crippen LogP contribution in [-0.4, -0.2) is 34.0 Å². The topological polar surface area (TPSA) is 87.7 Å². The molecule has 20 heavy (non-hydrogen) atoms. The van der Waals surface area contributed by atoms with E-state index in [1.54, 1.807) is 0 Å². The summed E-state index contributed by atoms with van der Waals surface area (Å²) < 4.78 is 0. The van der Waals surface area contributed by atoms with Crippen LogP contribution < -0.4 is 11.1 Å². The van der Waals surface area contributed by atoms with Crippen LogP contribution >= 0.6 is 11.8 Å². The van der Waals surface area contributed by atoms with Crippen molar-refractivity contribution in [1.29, 1.82) is 0 Å². The van der Waals surface area contributed by atoms with Gasteiger partial charge in [-0.1, -0.05) is 31.3 Å². The van der Waals surface area contributed by atoms with E-state index >= 15 is 0 Å². The van der Waals surface area contributed by atoms with Crippen molar-refractivity contribution in [3.8, 4) is 0 Å². The van der Waals surface area contributed by atoms with Crippen molar-refractivity contribution in [2.24, 2.45) is 16.3 Å². The number of nitrogens with zero attached hydrogens (tertiary/aromatic N) is 1. The number of carbonyl (C=O) groups is 1. The monoisotopic (exact) mass is 299 g/mol. The van der Waals surface area contributed by atoms with Crippen LogP contribution in [0.5, 0.6) is 0 Å². The lowest BCUT2D eigenvalue weighted by molar-refractivity contribution is -0.128. The number of amides is 1. The van der Waals surface area contributed by atoms with E-state index in [9.17, 15) is 4.79 Å². The predicted molar refractivity (Wildman–Crippen MR) is 82.0 cm³/mol. The molecule has 5 nitrogen and oxygen atoms in total. The van der Waals surface area contributed by atoms with Gasteiger partial charge in [0.2, 0.25) is 5.91 Å². The van der Waals surface area contributed by atoms with E-state index < -0.39 is 5.41 Å². The maximum absolute atomic E-state index is 12.7. The lowest BCUT2D eigenvalue weighted by atomic mass is 9.83. The molecule has 2 aliphatic carbocycles. The highest BCUT2D eigenvalue weighted by Crippen LogP contribution is 2.39. The van der Waals surface area contributed by atoms with E-state index in [0.29, 0.717) is 18.1 Å². The maximum Gasteiger partial charge on any atom is 0.234 e. The maximum atomic E-state index is 12.7. The van der Waals surface area contributed by atoms with E-state index in [-0.39, 0.29) is 17.8 Å². The van der Waals surface area contributed by atoms with Crippen LogP contribution in [-0.2, 0) is 4.79 Å². The SMILES string of the molecule is CCSC1CCCC1NC(=O)C1(C(N)=NO)CCCC1. The Morgan fingerprint density at radius 1 is 1.40 bits per heavy atom. The quantitative estimate of drug-likeness (QED) is 0.314. The number of nitrogens with one attached hydrogen (secondary N) is 1. The average Bonchev–Trinajstić information content (AvgIpc) is 3.09. The third kappa shape index (κ3) is 2.90. The van der Waals surface area contributed by atoms with Crippen molar-refractivity contribution in [1.82, 2.24) is 5.32 Å². The summed E-state index contributed by atoms with van der Waals surface area (Å²) in [5, 5.41) is 15.8. The fourth-order valence-corrected chi connectivity index (χ4v) is 4.68. The number of thioether (sulfide) groups is 1. The van der Waals surface area contributed by atoms with Gasteiger partial charge in [-0.15, -0.1) is 0 Å². The number of rotatable bonds is 5. The molecule has 0 radical (unpaired) electrons. The molecule has 114 valence electrons. The molecule has 2 saturated carbocycles. The van der Waals surface area contributed by atoms with E-state index in [1.165, 1.54) is 12.8 Å². The van der Waals surface area contributed by atoms with Gasteiger partial charge in [0.15, 0.2) is 5.84 Å². The first-order valence-corrected chi connectivity index (χ1v) is 8.59. The zero-order valence-corrected chi connectivity index (χ0v) is 12.9. The molecule has 6 heteroatoms. The zero-order chi connectivity index (χ0) is 14.6. The summed E-state index contributed by atoms with van der Waals surface area (Å²) in [5.74, 6) is 1.10. The molecule has 0 heterocycles. The highest BCUT2D eigenvalue weighted by Gasteiger charge is 2.46. The Morgan fingerprint density at radius 3 is 2.70 bits per heavy atom. The molecule has 2 aliphatic rings. The van der Waals surface area contributed by atoms with Gasteiger partial charge in [0, 0.05) is 11.3 Å². The van der Waals surface area contributed by atoms with E-state index in [1.807, 2.05) is 11.8 Å². The van der Waals surface area contributed by atoms with E-state index in [2.05, 4.69) is 17.4 Å². The number of hydrogen-bond acceptors (Lipinski definition) is 4. The molecule has 2 fully saturated rings. The van der Waals surface area contributed by atoms with Crippen LogP contribution in [0.2, 0.25) is 0 Å². The van der Waals surface area contributed by atoms with E-state index in [0.717, 1.165) is 25.0 Å². The summed E-state index contributed by atoms with van der Waals surface area (Å²) in [6, 6.07) is 0.233. The molecule has 0 spiro atoms. The number of carbonyl (C=O) groups excluding carboxylic acids is 1. The first-order chi connectivity index (χ1) is 9.64. The number of oxime groups is 1. The van der Waals surface area contributed by atoms with Crippen LogP contribution in [0.3, 0.4) is 0 Å². The van der Waals surface area contributed by atoms with Gasteiger partial charge in [0.1, 0.15) is 5.41 Å². The highest BCUT2D eigenvalue weighted by molar-refractivity contribution is 7.99. The van der Waals surface area contributed by atoms with E-state index in [4.69, 9.17) is 10.9 Å². The van der Waals surface area contributed by atoms with Gasteiger partial charge < -0.3 is 16.3 Å². The summed E-state index contributed by atoms with van der Waals surface area (Å²) in [6.07, 6.45) is 6.66. The van der Waals surface area contributed by atoms with Gasteiger partial charge in [-0.2, -0.15) is 11.8 Å². The standard InChI is InChI=1S/C14H25N3O2S/c1-2-20-11-7-5-6-10(11)16-13(18)14(12(15)17-19)8-3-4-9-14/h10-11,19H,2-9H2,1H3,(H2,15,17)(H,16,18). The summed E-state index contributed by atoms with van der Waals surface area (Å²) in [5.41, 5.74) is 5.04. The summed E-state index contributed by atoms with van der Waals surface area (Å²) in [4.78, 5) is 12.7. The molecule has 0 bridgehead atoms. The molecule has 0 aromatic rings. The Bertz CT molecular complexity index is 381. The second-order valence-electron chi connectivity index (χ2n) is 5.78. The molecule has 2 rings (SSSR count). The molecule has 0 saturated heterocycles. The average molecular weight is 299 g/mol. The minimum Gasteiger partial charge on any atom is -0.409 e. The van der Waals surface area contributed by atoms with Gasteiger partial charge in [0.05, 0.1) is 0 Å². The fraction of sp³-hybridized carbons (Fsp3) is 0.857. The predicted octanol–water partition coefficient (Wildman–Crippen LogP) is 2.08. The van der Waals surface area contributed by atoms with Crippen molar-refractivity contribution in [2.45, 2.75) is 63.2 Å². The minimum absolute atomic E-state index is 0.0427. The van der Waals surface area contributed by atoms with Crippen LogP contribution in [0.25, 0.3) is 0 Å². The third-order valence-corrected chi connectivity index (χ3v) is 5.97. The molecule has 2 unspecified atom stereocenters. The molecule has 0 aromatic carbocycles. The Hall–Kier alpha value is -0.910. The molecule has 0 aromatic heterocycles. The largest absolute Gasteiger partial charge is 0.409 e. The van der Waals surface area contributed by atoms with Gasteiger partial charge in [-0.3, -0.25) is 4.79 Å². The Balaban J connectivity index is 2.06. The van der Waals surface area contributed by atoms with Crippen molar-refractivity contribution in [2.75, 3.05) is 5.75 Å². The first kappa shape index (κ1) is 15.5. The van der Waals surface area contributed by atoms with Crippen molar-refractivity contribution >= 4 is 23.5 Å². The lowest BCUT2D eigenvalue weighted by Gasteiger charge is -2.29. The second-order valence-corrected chi connectivity index (χ2v) is 7.30. The highest BCUT2D eigenvalue weighted by atomic mass is 32.2. The van der Waals surface area contributed by atoms with Crippen LogP contribution in [0.4, 0.5) is 0 Å². The number of hydrogen-bond donors (Lipinski definition) is 3. The summed E-state index contributed by atoms with van der Waals surface area (Å²) in [7, 11) is 0. The number of amidine groups is 1. The zero-order valence-electron chi connectivity index (χ0n) is 12.1. The van der Waals surface area contributed by atoms with Gasteiger partial charge in [-0.05, 0) is 31.4 Å². The minimum atomic E-state index is -0.779. The Kier molecular flexibility index (Phi) is 5.18. The fourth-order valence-electron chi connectivity index (χ4n) is 3.49. The molecular formula is C14H25N3O2S. The lowest BCUT2D eigenvalue weighted by Crippen LogP contribution is -2.52. The Morgan fingerprint density at radius 2 is 2.10 bits per heavy atom. The molecular weight excluding hydrogens is 274 g/mol. The van der Waals surface area contributed by atoms with Crippen molar-refractivity contribution in [3.63, 3.8) is 0 Å². The summed E-state index contributed by atoms with van der Waals surface area (Å²) >= 11 is 1.92. The van der Waals surface area contributed by atoms with Crippen molar-refractivity contribution < 1.29 is 10.0 Å². The van der Waals surface area contributed by atoms with Gasteiger partial charge in [-0.25, -0.2) is 0 Å². The third-order valence-electron chi connectivity index (χ3n) is 4.64. The van der Waals surface area contributed by atoms with Crippen LogP contribution in [0.1, 0.15) is 51.9 Å². The van der Waals surface area contributed by atoms with Crippen LogP contribution in [0, 0.1) is 5.41 Å². The Labute approximate surface area is 124 Å². The van der Waals surface area contributed by atoms with Crippen molar-refractivity contribution in [3.05, 3.63) is 0 Å². The number of nitrogens with two attached hydrogens (primary N) is 1.